The third-order valence-electron chi connectivity index (χ3n) is 3.06. The van der Waals surface area contributed by atoms with Crippen LogP contribution in [0.15, 0.2) is 24.3 Å². The number of methoxy groups -OCH3 is 1. The van der Waals surface area contributed by atoms with E-state index in [9.17, 15) is 4.79 Å². The highest BCUT2D eigenvalue weighted by molar-refractivity contribution is 5.82. The summed E-state index contributed by atoms with van der Waals surface area (Å²) >= 11 is 0. The van der Waals surface area contributed by atoms with E-state index < -0.39 is 0 Å². The van der Waals surface area contributed by atoms with Crippen molar-refractivity contribution in [2.75, 3.05) is 20.3 Å². The fourth-order valence-corrected chi connectivity index (χ4v) is 1.50. The molecule has 0 fully saturated rings. The molecule has 0 amide bonds. The van der Waals surface area contributed by atoms with Gasteiger partial charge < -0.3 is 9.47 Å². The van der Waals surface area contributed by atoms with Gasteiger partial charge in [0.1, 0.15) is 12.4 Å². The van der Waals surface area contributed by atoms with E-state index >= 15 is 0 Å². The number of rotatable bonds is 8. The van der Waals surface area contributed by atoms with Crippen molar-refractivity contribution < 1.29 is 14.3 Å². The molecule has 0 aliphatic carbocycles. The van der Waals surface area contributed by atoms with Crippen LogP contribution in [0.3, 0.4) is 0 Å². The van der Waals surface area contributed by atoms with Gasteiger partial charge in [-0.2, -0.15) is 0 Å². The summed E-state index contributed by atoms with van der Waals surface area (Å²) < 4.78 is 10.5. The zero-order chi connectivity index (χ0) is 13.4. The average molecular weight is 250 g/mol. The maximum absolute atomic E-state index is 11.6. The Hall–Kier alpha value is -1.35. The Bertz CT molecular complexity index is 357. The lowest BCUT2D eigenvalue weighted by Gasteiger charge is -2.09. The van der Waals surface area contributed by atoms with Gasteiger partial charge in [-0.25, -0.2) is 0 Å². The van der Waals surface area contributed by atoms with Gasteiger partial charge in [0.05, 0.1) is 6.61 Å². The number of ether oxygens (including phenoxy) is 2. The molecular formula is C15H22O3. The minimum Gasteiger partial charge on any atom is -0.486 e. The zero-order valence-electron chi connectivity index (χ0n) is 11.4. The van der Waals surface area contributed by atoms with Crippen LogP contribution in [0.4, 0.5) is 0 Å². The van der Waals surface area contributed by atoms with Gasteiger partial charge in [-0.15, -0.1) is 0 Å². The van der Waals surface area contributed by atoms with E-state index in [0.717, 1.165) is 18.6 Å². The van der Waals surface area contributed by atoms with Gasteiger partial charge in [0.25, 0.3) is 0 Å². The van der Waals surface area contributed by atoms with Crippen LogP contribution < -0.4 is 4.74 Å². The van der Waals surface area contributed by atoms with E-state index in [0.29, 0.717) is 6.61 Å². The van der Waals surface area contributed by atoms with E-state index in [2.05, 4.69) is 0 Å². The van der Waals surface area contributed by atoms with Crippen LogP contribution in [0.2, 0.25) is 0 Å². The van der Waals surface area contributed by atoms with Crippen LogP contribution in [0.25, 0.3) is 0 Å². The first-order chi connectivity index (χ1) is 8.67. The highest BCUT2D eigenvalue weighted by Crippen LogP contribution is 2.13. The van der Waals surface area contributed by atoms with Crippen molar-refractivity contribution in [1.82, 2.24) is 0 Å². The molecule has 0 N–H and O–H groups in total. The van der Waals surface area contributed by atoms with Crippen molar-refractivity contribution in [2.24, 2.45) is 5.92 Å². The zero-order valence-corrected chi connectivity index (χ0v) is 11.4. The fourth-order valence-electron chi connectivity index (χ4n) is 1.50. The molecule has 0 spiro atoms. The molecule has 1 atom stereocenters. The first-order valence-electron chi connectivity index (χ1n) is 6.40. The third kappa shape index (κ3) is 4.88. The number of hydrogen-bond donors (Lipinski definition) is 0. The minimum absolute atomic E-state index is 0.0750. The molecule has 0 aliphatic heterocycles. The predicted molar refractivity (Wildman–Crippen MR) is 72.0 cm³/mol. The number of carbonyl (C=O) groups excluding carboxylic acids is 1. The predicted octanol–water partition coefficient (Wildman–Crippen LogP) is 2.87. The maximum atomic E-state index is 11.6. The minimum atomic E-state index is 0.0750. The Morgan fingerprint density at radius 2 is 1.94 bits per heavy atom. The smallest absolute Gasteiger partial charge is 0.172 e. The molecular weight excluding hydrogens is 228 g/mol. The highest BCUT2D eigenvalue weighted by atomic mass is 16.5. The van der Waals surface area contributed by atoms with Crippen molar-refractivity contribution in [3.05, 3.63) is 29.8 Å². The quantitative estimate of drug-likeness (QED) is 0.711. The molecule has 1 rings (SSSR count). The monoisotopic (exact) mass is 250 g/mol. The molecule has 0 bridgehead atoms. The molecule has 100 valence electrons. The van der Waals surface area contributed by atoms with E-state index in [-0.39, 0.29) is 18.3 Å². The molecule has 0 saturated carbocycles. The second-order valence-corrected chi connectivity index (χ2v) is 4.45. The first kappa shape index (κ1) is 14.7. The molecule has 0 radical (unpaired) electrons. The molecule has 3 heteroatoms. The van der Waals surface area contributed by atoms with Crippen LogP contribution in [-0.2, 0) is 16.0 Å². The lowest BCUT2D eigenvalue weighted by atomic mass is 10.0. The van der Waals surface area contributed by atoms with Crippen molar-refractivity contribution in [3.8, 4) is 5.75 Å². The first-order valence-corrected chi connectivity index (χ1v) is 6.40. The Labute approximate surface area is 109 Å². The van der Waals surface area contributed by atoms with Crippen molar-refractivity contribution in [1.29, 1.82) is 0 Å². The number of Topliss-reactive ketones (excluding diaryl/α,β-unsaturated/α-hetero) is 1. The standard InChI is InChI=1S/C15H22O3/c1-4-12(2)15(16)11-18-14-7-5-13(6-8-14)9-10-17-3/h5-8,12H,4,9-11H2,1-3H3. The molecule has 3 nitrogen and oxygen atoms in total. The summed E-state index contributed by atoms with van der Waals surface area (Å²) in [5.41, 5.74) is 1.21. The summed E-state index contributed by atoms with van der Waals surface area (Å²) in [6, 6.07) is 7.80. The van der Waals surface area contributed by atoms with Crippen molar-refractivity contribution >= 4 is 5.78 Å². The van der Waals surface area contributed by atoms with E-state index in [1.807, 2.05) is 38.1 Å². The molecule has 0 aromatic heterocycles. The third-order valence-corrected chi connectivity index (χ3v) is 3.06. The van der Waals surface area contributed by atoms with Crippen LogP contribution >= 0.6 is 0 Å². The second-order valence-electron chi connectivity index (χ2n) is 4.45. The number of hydrogen-bond acceptors (Lipinski definition) is 3. The van der Waals surface area contributed by atoms with Gasteiger partial charge in [0.2, 0.25) is 0 Å². The SMILES string of the molecule is CCC(C)C(=O)COc1ccc(CCOC)cc1. The average Bonchev–Trinajstić information content (AvgIpc) is 2.42. The highest BCUT2D eigenvalue weighted by Gasteiger charge is 2.10. The fraction of sp³-hybridized carbons (Fsp3) is 0.533. The largest absolute Gasteiger partial charge is 0.486 e. The maximum Gasteiger partial charge on any atom is 0.172 e. The van der Waals surface area contributed by atoms with Crippen molar-refractivity contribution in [2.45, 2.75) is 26.7 Å². The van der Waals surface area contributed by atoms with Gasteiger partial charge in [-0.05, 0) is 30.5 Å². The number of carbonyl (C=O) groups is 1. The summed E-state index contributed by atoms with van der Waals surface area (Å²) in [6.07, 6.45) is 1.75. The van der Waals surface area contributed by atoms with Gasteiger partial charge in [0.15, 0.2) is 5.78 Å². The van der Waals surface area contributed by atoms with E-state index in [1.165, 1.54) is 5.56 Å². The van der Waals surface area contributed by atoms with Gasteiger partial charge in [0, 0.05) is 13.0 Å². The van der Waals surface area contributed by atoms with Crippen LogP contribution in [-0.4, -0.2) is 26.1 Å². The Morgan fingerprint density at radius 1 is 1.28 bits per heavy atom. The van der Waals surface area contributed by atoms with Crippen LogP contribution in [0.1, 0.15) is 25.8 Å². The molecule has 0 saturated heterocycles. The number of ketones is 1. The molecule has 1 unspecified atom stereocenters. The lowest BCUT2D eigenvalue weighted by molar-refractivity contribution is -0.124. The normalized spacial score (nSPS) is 12.2. The molecule has 1 aromatic rings. The summed E-state index contributed by atoms with van der Waals surface area (Å²) in [5, 5.41) is 0. The Morgan fingerprint density at radius 3 is 2.50 bits per heavy atom. The van der Waals surface area contributed by atoms with Crippen LogP contribution in [0.5, 0.6) is 5.75 Å². The van der Waals surface area contributed by atoms with Gasteiger partial charge in [-0.3, -0.25) is 4.79 Å². The molecule has 0 aliphatic rings. The Kier molecular flexibility index (Phi) is 6.44. The topological polar surface area (TPSA) is 35.5 Å². The summed E-state index contributed by atoms with van der Waals surface area (Å²) in [6.45, 7) is 4.81. The van der Waals surface area contributed by atoms with Gasteiger partial charge in [-0.1, -0.05) is 26.0 Å². The van der Waals surface area contributed by atoms with Crippen molar-refractivity contribution in [3.63, 3.8) is 0 Å². The van der Waals surface area contributed by atoms with E-state index in [4.69, 9.17) is 9.47 Å². The second kappa shape index (κ2) is 7.88. The lowest BCUT2D eigenvalue weighted by Crippen LogP contribution is -2.18. The van der Waals surface area contributed by atoms with Crippen LogP contribution in [0, 0.1) is 5.92 Å². The van der Waals surface area contributed by atoms with Gasteiger partial charge >= 0.3 is 0 Å². The molecule has 1 aromatic carbocycles. The summed E-state index contributed by atoms with van der Waals surface area (Å²) in [5.74, 6) is 0.972. The molecule has 0 heterocycles. The summed E-state index contributed by atoms with van der Waals surface area (Å²) in [4.78, 5) is 11.6. The Balaban J connectivity index is 2.41. The molecule has 18 heavy (non-hydrogen) atoms. The number of benzene rings is 1. The van der Waals surface area contributed by atoms with E-state index in [1.54, 1.807) is 7.11 Å². The summed E-state index contributed by atoms with van der Waals surface area (Å²) in [7, 11) is 1.69.